The highest BCUT2D eigenvalue weighted by molar-refractivity contribution is 5.77. The Morgan fingerprint density at radius 2 is 1.39 bits per heavy atom. The third kappa shape index (κ3) is 7.73. The maximum absolute atomic E-state index is 14.1. The summed E-state index contributed by atoms with van der Waals surface area (Å²) < 4.78 is 35.1. The van der Waals surface area contributed by atoms with E-state index >= 15 is 0 Å². The van der Waals surface area contributed by atoms with Crippen molar-refractivity contribution in [2.75, 3.05) is 19.8 Å². The topological polar surface area (TPSA) is 312 Å². The van der Waals surface area contributed by atoms with Gasteiger partial charge in [-0.1, -0.05) is 46.3 Å². The van der Waals surface area contributed by atoms with Gasteiger partial charge in [-0.25, -0.2) is 4.79 Å². The summed E-state index contributed by atoms with van der Waals surface area (Å²) in [5, 5.41) is 116. The van der Waals surface area contributed by atoms with Crippen LogP contribution in [0.1, 0.15) is 106 Å². The highest BCUT2D eigenvalue weighted by atomic mass is 16.8. The lowest BCUT2D eigenvalue weighted by molar-refractivity contribution is -0.367. The van der Waals surface area contributed by atoms with Crippen LogP contribution >= 0.6 is 0 Å². The molecule has 0 amide bonds. The minimum Gasteiger partial charge on any atom is -0.479 e. The molecule has 0 aromatic rings. The van der Waals surface area contributed by atoms with Crippen LogP contribution in [0.2, 0.25) is 0 Å². The number of carbonyl (C=O) groups is 2. The van der Waals surface area contributed by atoms with Crippen LogP contribution in [-0.2, 0) is 38.0 Å². The first kappa shape index (κ1) is 50.5. The first-order valence-corrected chi connectivity index (χ1v) is 23.9. The number of carbonyl (C=O) groups excluding carboxylic acids is 1. The molecule has 0 radical (unpaired) electrons. The summed E-state index contributed by atoms with van der Waals surface area (Å²) in [6.45, 7) is 11.9. The largest absolute Gasteiger partial charge is 0.479 e. The highest BCUT2D eigenvalue weighted by Crippen LogP contribution is 2.76. The van der Waals surface area contributed by atoms with E-state index in [1.165, 1.54) is 5.57 Å². The lowest BCUT2D eigenvalue weighted by Crippen LogP contribution is -2.67. The van der Waals surface area contributed by atoms with E-state index in [9.17, 15) is 65.8 Å². The number of fused-ring (bicyclic) bond motifs is 7. The predicted octanol–water partition coefficient (Wildman–Crippen LogP) is -0.156. The zero-order valence-electron chi connectivity index (χ0n) is 38.8. The maximum atomic E-state index is 14.1. The maximum Gasteiger partial charge on any atom is 0.335 e. The smallest absolute Gasteiger partial charge is 0.335 e. The molecule has 0 bridgehead atoms. The molecule has 8 aliphatic rings. The molecule has 3 aliphatic heterocycles. The van der Waals surface area contributed by atoms with Crippen molar-refractivity contribution in [3.05, 3.63) is 11.6 Å². The molecule has 11 N–H and O–H groups in total. The van der Waals surface area contributed by atoms with E-state index in [0.717, 1.165) is 38.5 Å². The molecule has 66 heavy (non-hydrogen) atoms. The molecule has 3 saturated heterocycles. The molecule has 376 valence electrons. The van der Waals surface area contributed by atoms with Gasteiger partial charge in [-0.2, -0.15) is 0 Å². The Bertz CT molecular complexity index is 1850. The molecule has 0 aromatic carbocycles. The van der Waals surface area contributed by atoms with E-state index in [-0.39, 0.29) is 46.0 Å². The van der Waals surface area contributed by atoms with Gasteiger partial charge in [0.05, 0.1) is 31.3 Å². The fourth-order valence-electron chi connectivity index (χ4n) is 14.7. The van der Waals surface area contributed by atoms with Crippen LogP contribution in [0.25, 0.3) is 0 Å². The van der Waals surface area contributed by atoms with Crippen molar-refractivity contribution >= 4 is 11.9 Å². The Morgan fingerprint density at radius 3 is 2.06 bits per heavy atom. The van der Waals surface area contributed by atoms with Crippen molar-refractivity contribution in [3.8, 4) is 0 Å². The van der Waals surface area contributed by atoms with Gasteiger partial charge in [0.15, 0.2) is 18.7 Å². The van der Waals surface area contributed by atoms with Crippen molar-refractivity contribution in [1.82, 2.24) is 0 Å². The Balaban J connectivity index is 1.03. The number of aliphatic carboxylic acids is 1. The van der Waals surface area contributed by atoms with Gasteiger partial charge in [0.2, 0.25) is 6.29 Å². The van der Waals surface area contributed by atoms with Gasteiger partial charge >= 0.3 is 11.9 Å². The Kier molecular flexibility index (Phi) is 13.6. The van der Waals surface area contributed by atoms with Crippen molar-refractivity contribution in [3.63, 3.8) is 0 Å². The number of allylic oxidation sites excluding steroid dienone is 2. The van der Waals surface area contributed by atoms with Crippen LogP contribution in [0.3, 0.4) is 0 Å². The number of carboxylic acid groups (broad SMARTS) is 1. The summed E-state index contributed by atoms with van der Waals surface area (Å²) in [5.41, 5.74) is -1.38. The van der Waals surface area contributed by atoms with Crippen LogP contribution in [0.4, 0.5) is 0 Å². The second-order valence-electron chi connectivity index (χ2n) is 22.8. The van der Waals surface area contributed by atoms with Crippen LogP contribution in [-0.4, -0.2) is 180 Å². The molecular weight excluding hydrogens is 868 g/mol. The Morgan fingerprint density at radius 1 is 0.712 bits per heavy atom. The average Bonchev–Trinajstić information content (AvgIpc) is 3.27. The summed E-state index contributed by atoms with van der Waals surface area (Å²) in [4.78, 5) is 26.4. The van der Waals surface area contributed by atoms with Gasteiger partial charge in [0, 0.05) is 5.41 Å². The number of ether oxygens (including phenoxy) is 6. The first-order valence-electron chi connectivity index (χ1n) is 23.9. The number of hydrogen-bond acceptors (Lipinski definition) is 18. The minimum absolute atomic E-state index is 0.0371. The molecule has 8 rings (SSSR count). The molecule has 0 aromatic heterocycles. The number of aliphatic hydroxyl groups excluding tert-OH is 10. The predicted molar refractivity (Wildman–Crippen MR) is 226 cm³/mol. The van der Waals surface area contributed by atoms with Gasteiger partial charge in [-0.3, -0.25) is 4.79 Å². The molecule has 4 saturated carbocycles. The third-order valence-electron chi connectivity index (χ3n) is 19.3. The van der Waals surface area contributed by atoms with Gasteiger partial charge in [0.25, 0.3) is 0 Å². The van der Waals surface area contributed by atoms with E-state index in [4.69, 9.17) is 28.4 Å². The lowest BCUT2D eigenvalue weighted by Gasteiger charge is -2.71. The first-order chi connectivity index (χ1) is 30.8. The summed E-state index contributed by atoms with van der Waals surface area (Å²) in [6.07, 6.45) is -14.4. The van der Waals surface area contributed by atoms with E-state index in [2.05, 4.69) is 33.8 Å². The normalized spacial score (nSPS) is 55.0. The summed E-state index contributed by atoms with van der Waals surface area (Å²) in [6, 6.07) is 0. The number of rotatable bonds is 9. The van der Waals surface area contributed by atoms with Crippen LogP contribution in [0, 0.1) is 50.2 Å². The molecular formula is C47H74O19. The third-order valence-corrected chi connectivity index (χ3v) is 19.3. The second kappa shape index (κ2) is 17.7. The number of hydrogen-bond donors (Lipinski definition) is 11. The molecule has 0 unspecified atom stereocenters. The zero-order chi connectivity index (χ0) is 48.3. The van der Waals surface area contributed by atoms with Crippen LogP contribution in [0.5, 0.6) is 0 Å². The number of aliphatic hydroxyl groups is 10. The quantitative estimate of drug-likeness (QED) is 0.0813. The molecule has 3 heterocycles. The highest BCUT2D eigenvalue weighted by Gasteiger charge is 2.69. The van der Waals surface area contributed by atoms with E-state index in [1.807, 2.05) is 13.8 Å². The fraction of sp³-hybridized carbons (Fsp3) is 0.915. The molecule has 5 aliphatic carbocycles. The fourth-order valence-corrected chi connectivity index (χ4v) is 14.7. The van der Waals surface area contributed by atoms with Gasteiger partial charge < -0.3 is 84.6 Å². The van der Waals surface area contributed by atoms with Crippen LogP contribution in [0.15, 0.2) is 11.6 Å². The lowest BCUT2D eigenvalue weighted by atomic mass is 9.33. The van der Waals surface area contributed by atoms with Gasteiger partial charge in [-0.15, -0.1) is 0 Å². The van der Waals surface area contributed by atoms with Gasteiger partial charge in [0.1, 0.15) is 61.0 Å². The van der Waals surface area contributed by atoms with Crippen LogP contribution < -0.4 is 0 Å². The average molecular weight is 943 g/mol. The molecule has 0 spiro atoms. The van der Waals surface area contributed by atoms with Gasteiger partial charge in [-0.05, 0) is 111 Å². The van der Waals surface area contributed by atoms with Crippen molar-refractivity contribution in [2.24, 2.45) is 50.2 Å². The van der Waals surface area contributed by atoms with E-state index in [0.29, 0.717) is 25.7 Å². The second-order valence-corrected chi connectivity index (χ2v) is 22.8. The molecule has 19 nitrogen and oxygen atoms in total. The molecule has 7 fully saturated rings. The van der Waals surface area contributed by atoms with Crippen molar-refractivity contribution in [2.45, 2.75) is 198 Å². The Labute approximate surface area is 385 Å². The standard InChI is InChI=1S/C47H74O19/c1-42-13-14-43(2,41(60)66-39-34(57)30(53)29(52)24(18-48)62-39)17-22(42)21-7-8-26-44(3)11-10-27(45(4,20-49)25(44)9-12-47(26,6)46(21,5)16-15-42)63-40-36(32(55)31(54)35(64-40)37(58)59)65-38-33(56)28(51)23(50)19-61-38/h7,22-36,38-40,48-57H,8-20H2,1-6H3,(H,58,59)/t22-,23-,24+,25+,26+,27-,28-,29+,30-,31-,32-,33+,34+,35-,36+,38-,39-,40+,42+,43+,44-,45+,46+,47+/m0/s1. The monoisotopic (exact) mass is 942 g/mol. The van der Waals surface area contributed by atoms with Crippen molar-refractivity contribution in [1.29, 1.82) is 0 Å². The van der Waals surface area contributed by atoms with Crippen molar-refractivity contribution < 1.29 is 94.2 Å². The molecule has 24 atom stereocenters. The molecule has 19 heteroatoms. The number of esters is 1. The number of carboxylic acids is 1. The Hall–Kier alpha value is -1.92. The summed E-state index contributed by atoms with van der Waals surface area (Å²) >= 11 is 0. The SMILES string of the molecule is C[C@@]1(C(=O)O[C@@H]2O[C@H](CO)[C@@H](O)[C@H](O)[C@H]2O)CC[C@]2(C)CC[C@]3(C)C(=CC[C@@H]4[C@@]5(C)CC[C@H](O[C@@H]6O[C@H](C(=O)O)[C@@H](O)[C@H](O)[C@H]6O[C@@H]6OC[C@H](O)[C@H](O)[C@H]6O)[C@](C)(CO)[C@@H]5CC[C@]43C)[C@@H]2C1. The van der Waals surface area contributed by atoms with E-state index in [1.54, 1.807) is 0 Å². The zero-order valence-corrected chi connectivity index (χ0v) is 38.8. The summed E-state index contributed by atoms with van der Waals surface area (Å²) in [5.74, 6) is -2.02. The minimum atomic E-state index is -1.96. The van der Waals surface area contributed by atoms with E-state index < -0.39 is 128 Å². The summed E-state index contributed by atoms with van der Waals surface area (Å²) in [7, 11) is 0.